The van der Waals surface area contributed by atoms with E-state index in [1.807, 2.05) is 31.2 Å². The Morgan fingerprint density at radius 1 is 1.26 bits per heavy atom. The van der Waals surface area contributed by atoms with Crippen LogP contribution in [0.2, 0.25) is 0 Å². The summed E-state index contributed by atoms with van der Waals surface area (Å²) in [4.78, 5) is 25.3. The van der Waals surface area contributed by atoms with Gasteiger partial charge in [0.2, 0.25) is 5.95 Å². The number of benzene rings is 1. The van der Waals surface area contributed by atoms with Crippen LogP contribution in [0.25, 0.3) is 0 Å². The number of nitrogen functional groups attached to an aromatic ring is 2. The van der Waals surface area contributed by atoms with E-state index in [0.29, 0.717) is 5.69 Å². The van der Waals surface area contributed by atoms with Crippen LogP contribution < -0.4 is 17.0 Å². The lowest BCUT2D eigenvalue weighted by Gasteiger charge is -1.97. The average Bonchev–Trinajstić information content (AvgIpc) is 2.34. The van der Waals surface area contributed by atoms with Gasteiger partial charge in [0.25, 0.3) is 5.56 Å². The maximum Gasteiger partial charge on any atom is 0.281 e. The van der Waals surface area contributed by atoms with E-state index in [4.69, 9.17) is 11.5 Å². The molecule has 1 heterocycles. The van der Waals surface area contributed by atoms with Crippen molar-refractivity contribution in [2.45, 2.75) is 6.92 Å². The van der Waals surface area contributed by atoms with E-state index in [9.17, 15) is 4.79 Å². The molecule has 0 aliphatic heterocycles. The van der Waals surface area contributed by atoms with Crippen molar-refractivity contribution in [1.29, 1.82) is 0 Å². The second kappa shape index (κ2) is 5.16. The van der Waals surface area contributed by atoms with Crippen molar-refractivity contribution in [3.05, 3.63) is 40.2 Å². The van der Waals surface area contributed by atoms with Crippen molar-refractivity contribution in [2.75, 3.05) is 11.5 Å². The molecular formula is C12H12N6O. The quantitative estimate of drug-likeness (QED) is 0.702. The predicted molar refractivity (Wildman–Crippen MR) is 74.0 cm³/mol. The van der Waals surface area contributed by atoms with E-state index in [1.54, 1.807) is 0 Å². The SMILES string of the molecule is Cc1ccccc1N=C=Nc1c(N)nc(N)[nH]c1=O. The number of nitrogens with two attached hydrogens (primary N) is 2. The van der Waals surface area contributed by atoms with Crippen molar-refractivity contribution in [2.24, 2.45) is 9.98 Å². The van der Waals surface area contributed by atoms with Gasteiger partial charge in [-0.05, 0) is 18.6 Å². The number of aryl methyl sites for hydroxylation is 1. The standard InChI is InChI=1S/C12H12N6O/c1-7-4-2-3-5-8(7)15-6-16-9-10(13)17-12(14)18-11(9)19/h2-5H,1H3,(H5,13,14,17,18,19). The molecule has 7 heteroatoms. The molecule has 19 heavy (non-hydrogen) atoms. The average molecular weight is 256 g/mol. The first-order valence-corrected chi connectivity index (χ1v) is 5.45. The number of nitrogens with one attached hydrogen (secondary N) is 1. The Kier molecular flexibility index (Phi) is 3.40. The highest BCUT2D eigenvalue weighted by Crippen LogP contribution is 2.17. The summed E-state index contributed by atoms with van der Waals surface area (Å²) in [6.45, 7) is 1.91. The summed E-state index contributed by atoms with van der Waals surface area (Å²) in [6.07, 6.45) is 0. The molecule has 1 aromatic heterocycles. The number of hydrogen-bond donors (Lipinski definition) is 3. The fourth-order valence-electron chi connectivity index (χ4n) is 1.43. The lowest BCUT2D eigenvalue weighted by molar-refractivity contribution is 1.14. The molecule has 0 amide bonds. The van der Waals surface area contributed by atoms with Crippen molar-refractivity contribution >= 4 is 29.1 Å². The third-order valence-corrected chi connectivity index (χ3v) is 2.39. The van der Waals surface area contributed by atoms with Gasteiger partial charge in [0, 0.05) is 0 Å². The molecule has 0 saturated carbocycles. The lowest BCUT2D eigenvalue weighted by Crippen LogP contribution is -2.13. The Morgan fingerprint density at radius 2 is 2.00 bits per heavy atom. The van der Waals surface area contributed by atoms with Crippen LogP contribution in [-0.2, 0) is 0 Å². The van der Waals surface area contributed by atoms with E-state index < -0.39 is 5.56 Å². The summed E-state index contributed by atoms with van der Waals surface area (Å²) in [5.74, 6) is -0.119. The molecule has 1 aromatic carbocycles. The van der Waals surface area contributed by atoms with Crippen LogP contribution in [0.5, 0.6) is 0 Å². The zero-order valence-corrected chi connectivity index (χ0v) is 10.2. The number of para-hydroxylation sites is 1. The van der Waals surface area contributed by atoms with E-state index >= 15 is 0 Å². The van der Waals surface area contributed by atoms with Crippen molar-refractivity contribution in [3.8, 4) is 0 Å². The van der Waals surface area contributed by atoms with Crippen LogP contribution >= 0.6 is 0 Å². The van der Waals surface area contributed by atoms with Crippen LogP contribution in [0.15, 0.2) is 39.0 Å². The Morgan fingerprint density at radius 3 is 2.68 bits per heavy atom. The molecule has 7 nitrogen and oxygen atoms in total. The number of rotatable bonds is 2. The molecule has 0 unspecified atom stereocenters. The zero-order valence-electron chi connectivity index (χ0n) is 10.2. The molecule has 0 aliphatic carbocycles. The van der Waals surface area contributed by atoms with Crippen molar-refractivity contribution in [3.63, 3.8) is 0 Å². The van der Waals surface area contributed by atoms with Gasteiger partial charge in [-0.2, -0.15) is 15.0 Å². The van der Waals surface area contributed by atoms with Gasteiger partial charge in [0.1, 0.15) is 6.01 Å². The summed E-state index contributed by atoms with van der Waals surface area (Å²) in [7, 11) is 0. The maximum atomic E-state index is 11.5. The zero-order chi connectivity index (χ0) is 13.8. The highest BCUT2D eigenvalue weighted by Gasteiger charge is 2.05. The van der Waals surface area contributed by atoms with Crippen LogP contribution in [0.4, 0.5) is 23.1 Å². The highest BCUT2D eigenvalue weighted by atomic mass is 16.1. The topological polar surface area (TPSA) is 123 Å². The van der Waals surface area contributed by atoms with Gasteiger partial charge in [0.15, 0.2) is 11.5 Å². The smallest absolute Gasteiger partial charge is 0.281 e. The first-order chi connectivity index (χ1) is 9.08. The Balaban J connectivity index is 2.39. The maximum absolute atomic E-state index is 11.5. The Bertz CT molecular complexity index is 727. The largest absolute Gasteiger partial charge is 0.382 e. The van der Waals surface area contributed by atoms with E-state index in [1.165, 1.54) is 0 Å². The first kappa shape index (κ1) is 12.5. The molecule has 96 valence electrons. The molecule has 0 aliphatic rings. The minimum absolute atomic E-state index is 0.0581. The molecule has 0 spiro atoms. The summed E-state index contributed by atoms with van der Waals surface area (Å²) in [5, 5.41) is 0. The third-order valence-electron chi connectivity index (χ3n) is 2.39. The second-order valence-electron chi connectivity index (χ2n) is 3.80. The summed E-state index contributed by atoms with van der Waals surface area (Å²) >= 11 is 0. The molecular weight excluding hydrogens is 244 g/mol. The van der Waals surface area contributed by atoms with Crippen LogP contribution in [-0.4, -0.2) is 16.0 Å². The summed E-state index contributed by atoms with van der Waals surface area (Å²) < 4.78 is 0. The minimum atomic E-state index is -0.530. The molecule has 2 rings (SSSR count). The molecule has 0 atom stereocenters. The monoisotopic (exact) mass is 256 g/mol. The first-order valence-electron chi connectivity index (χ1n) is 5.45. The number of aliphatic imine (C=N–C) groups is 2. The Labute approximate surface area is 108 Å². The van der Waals surface area contributed by atoms with Gasteiger partial charge in [-0.1, -0.05) is 18.2 Å². The van der Waals surface area contributed by atoms with Gasteiger partial charge < -0.3 is 11.5 Å². The number of H-pyrrole nitrogens is 1. The minimum Gasteiger partial charge on any atom is -0.382 e. The van der Waals surface area contributed by atoms with Crippen LogP contribution in [0, 0.1) is 6.92 Å². The summed E-state index contributed by atoms with van der Waals surface area (Å²) in [6, 6.07) is 9.90. The third kappa shape index (κ3) is 2.85. The predicted octanol–water partition coefficient (Wildman–Crippen LogP) is 1.38. The van der Waals surface area contributed by atoms with E-state index in [-0.39, 0.29) is 17.5 Å². The highest BCUT2D eigenvalue weighted by molar-refractivity contribution is 5.65. The molecule has 2 aromatic rings. The molecule has 0 bridgehead atoms. The van der Waals surface area contributed by atoms with E-state index in [2.05, 4.69) is 26.0 Å². The van der Waals surface area contributed by atoms with Crippen LogP contribution in [0.1, 0.15) is 5.56 Å². The molecule has 0 fully saturated rings. The number of aromatic nitrogens is 2. The molecule has 0 saturated heterocycles. The van der Waals surface area contributed by atoms with Crippen molar-refractivity contribution < 1.29 is 0 Å². The molecule has 0 radical (unpaired) electrons. The summed E-state index contributed by atoms with van der Waals surface area (Å²) in [5.41, 5.74) is 12.0. The van der Waals surface area contributed by atoms with Crippen molar-refractivity contribution in [1.82, 2.24) is 9.97 Å². The normalized spacial score (nSPS) is 9.74. The van der Waals surface area contributed by atoms with Gasteiger partial charge in [-0.15, -0.1) is 0 Å². The number of aromatic amines is 1. The van der Waals surface area contributed by atoms with E-state index in [0.717, 1.165) is 5.56 Å². The van der Waals surface area contributed by atoms with Gasteiger partial charge >= 0.3 is 0 Å². The number of nitrogens with zero attached hydrogens (tertiary/aromatic N) is 3. The fraction of sp³-hybridized carbons (Fsp3) is 0.0833. The van der Waals surface area contributed by atoms with Gasteiger partial charge in [-0.25, -0.2) is 0 Å². The second-order valence-corrected chi connectivity index (χ2v) is 3.80. The number of hydrogen-bond acceptors (Lipinski definition) is 6. The Hall–Kier alpha value is -2.92. The van der Waals surface area contributed by atoms with Gasteiger partial charge in [-0.3, -0.25) is 9.78 Å². The van der Waals surface area contributed by atoms with Crippen LogP contribution in [0.3, 0.4) is 0 Å². The number of anilines is 2. The fourth-order valence-corrected chi connectivity index (χ4v) is 1.43. The lowest BCUT2D eigenvalue weighted by atomic mass is 10.2. The van der Waals surface area contributed by atoms with Gasteiger partial charge in [0.05, 0.1) is 5.69 Å². The molecule has 5 N–H and O–H groups in total.